The first kappa shape index (κ1) is 17.0. The second-order valence-electron chi connectivity index (χ2n) is 6.59. The first-order valence-corrected chi connectivity index (χ1v) is 8.58. The molecule has 0 bridgehead atoms. The van der Waals surface area contributed by atoms with Gasteiger partial charge in [0.25, 0.3) is 5.56 Å². The Balaban J connectivity index is 1.52. The molecule has 1 aliphatic carbocycles. The number of aromatic amines is 1. The monoisotopic (exact) mass is 366 g/mol. The number of hydrogen-bond acceptors (Lipinski definition) is 5. The van der Waals surface area contributed by atoms with Gasteiger partial charge in [-0.15, -0.1) is 0 Å². The zero-order chi connectivity index (χ0) is 19.0. The average molecular weight is 366 g/mol. The van der Waals surface area contributed by atoms with Crippen LogP contribution in [0.15, 0.2) is 41.5 Å². The van der Waals surface area contributed by atoms with Crippen molar-refractivity contribution in [1.29, 1.82) is 0 Å². The molecule has 27 heavy (non-hydrogen) atoms. The summed E-state index contributed by atoms with van der Waals surface area (Å²) in [4.78, 5) is 36.4. The molecule has 0 aromatic heterocycles. The van der Waals surface area contributed by atoms with Crippen LogP contribution in [-0.4, -0.2) is 39.8 Å². The number of ether oxygens (including phenoxy) is 1. The lowest BCUT2D eigenvalue weighted by Gasteiger charge is -2.15. The minimum atomic E-state index is -0.618. The first-order valence-electron chi connectivity index (χ1n) is 8.58. The Bertz CT molecular complexity index is 1030. The van der Waals surface area contributed by atoms with Gasteiger partial charge in [0.15, 0.2) is 0 Å². The molecule has 2 N–H and O–H groups in total. The Kier molecular flexibility index (Phi) is 4.23. The minimum absolute atomic E-state index is 0.0165. The number of esters is 1. The van der Waals surface area contributed by atoms with Crippen molar-refractivity contribution in [2.75, 3.05) is 7.11 Å². The number of fused-ring (bicyclic) bond motifs is 2. The van der Waals surface area contributed by atoms with Crippen LogP contribution in [0.2, 0.25) is 0 Å². The van der Waals surface area contributed by atoms with Crippen LogP contribution < -0.4 is 10.9 Å². The number of carbonyl (C=O) groups excluding carboxylic acids is 2. The average Bonchev–Trinajstić information content (AvgIpc) is 3.23. The zero-order valence-electron chi connectivity index (χ0n) is 14.7. The van der Waals surface area contributed by atoms with E-state index >= 15 is 0 Å². The van der Waals surface area contributed by atoms with Crippen molar-refractivity contribution < 1.29 is 14.3 Å². The third kappa shape index (κ3) is 3.21. The standard InChI is InChI=1S/C19H18N4O4/c1-27-19(26)15-9-23(8-14-17(15)21-22-18(14)25)10-16(24)20-13-6-11-4-2-3-5-12(11)7-13/h2-5,8-9,13H,6-7,10H2,1H3,(H,20,24)(H,22,25). The Morgan fingerprint density at radius 3 is 2.63 bits per heavy atom. The molecule has 8 heteroatoms. The molecule has 138 valence electrons. The molecule has 0 atom stereocenters. The normalized spacial score (nSPS) is 13.5. The number of methoxy groups -OCH3 is 1. The number of rotatable bonds is 4. The second-order valence-corrected chi connectivity index (χ2v) is 6.59. The largest absolute Gasteiger partial charge is 0.465 e. The highest BCUT2D eigenvalue weighted by Gasteiger charge is 2.24. The highest BCUT2D eigenvalue weighted by Crippen LogP contribution is 2.22. The molecule has 0 saturated carbocycles. The Morgan fingerprint density at radius 1 is 1.26 bits per heavy atom. The lowest BCUT2D eigenvalue weighted by Crippen LogP contribution is -2.37. The molecule has 1 amide bonds. The van der Waals surface area contributed by atoms with E-state index < -0.39 is 11.5 Å². The van der Waals surface area contributed by atoms with E-state index in [0.717, 1.165) is 12.8 Å². The van der Waals surface area contributed by atoms with Gasteiger partial charge in [-0.25, -0.2) is 9.89 Å². The smallest absolute Gasteiger partial charge is 0.341 e. The molecular formula is C19H18N4O4. The van der Waals surface area contributed by atoms with Crippen molar-refractivity contribution in [1.82, 2.24) is 20.1 Å². The van der Waals surface area contributed by atoms with Crippen LogP contribution in [0, 0.1) is 0 Å². The van der Waals surface area contributed by atoms with Crippen molar-refractivity contribution in [2.45, 2.75) is 25.4 Å². The van der Waals surface area contributed by atoms with Gasteiger partial charge in [-0.3, -0.25) is 9.59 Å². The van der Waals surface area contributed by atoms with Crippen LogP contribution in [0.3, 0.4) is 0 Å². The topological polar surface area (TPSA) is 106 Å². The van der Waals surface area contributed by atoms with Crippen LogP contribution in [-0.2, 0) is 28.9 Å². The maximum absolute atomic E-state index is 12.5. The second kappa shape index (κ2) is 6.71. The number of aromatic nitrogens is 3. The predicted molar refractivity (Wildman–Crippen MR) is 96.6 cm³/mol. The predicted octanol–water partition coefficient (Wildman–Crippen LogP) is 0.746. The van der Waals surface area contributed by atoms with E-state index in [0.29, 0.717) is 0 Å². The van der Waals surface area contributed by atoms with Crippen LogP contribution >= 0.6 is 0 Å². The van der Waals surface area contributed by atoms with Crippen molar-refractivity contribution in [3.63, 3.8) is 0 Å². The third-order valence-corrected chi connectivity index (χ3v) is 4.76. The van der Waals surface area contributed by atoms with E-state index in [-0.39, 0.29) is 35.3 Å². The van der Waals surface area contributed by atoms with E-state index in [4.69, 9.17) is 4.74 Å². The van der Waals surface area contributed by atoms with E-state index in [1.54, 1.807) is 0 Å². The summed E-state index contributed by atoms with van der Waals surface area (Å²) in [6.07, 6.45) is 4.57. The summed E-state index contributed by atoms with van der Waals surface area (Å²) in [6, 6.07) is 8.17. The molecule has 2 aliphatic heterocycles. The van der Waals surface area contributed by atoms with Crippen molar-refractivity contribution in [3.05, 3.63) is 63.7 Å². The number of H-pyrrole nitrogens is 1. The highest BCUT2D eigenvalue weighted by atomic mass is 16.5. The number of carbonyl (C=O) groups is 2. The summed E-state index contributed by atoms with van der Waals surface area (Å²) >= 11 is 0. The fourth-order valence-electron chi connectivity index (χ4n) is 3.54. The zero-order valence-corrected chi connectivity index (χ0v) is 14.7. The first-order chi connectivity index (χ1) is 13.0. The lowest BCUT2D eigenvalue weighted by atomic mass is 10.1. The van der Waals surface area contributed by atoms with E-state index in [1.807, 2.05) is 12.1 Å². The van der Waals surface area contributed by atoms with Gasteiger partial charge in [-0.2, -0.15) is 5.10 Å². The van der Waals surface area contributed by atoms with E-state index in [2.05, 4.69) is 27.6 Å². The Morgan fingerprint density at radius 2 is 1.96 bits per heavy atom. The lowest BCUT2D eigenvalue weighted by molar-refractivity contribution is -0.122. The minimum Gasteiger partial charge on any atom is -0.465 e. The number of pyridine rings is 1. The van der Waals surface area contributed by atoms with Gasteiger partial charge in [-0.05, 0) is 24.0 Å². The van der Waals surface area contributed by atoms with Crippen molar-refractivity contribution in [2.24, 2.45) is 0 Å². The molecule has 1 aromatic rings. The molecular weight excluding hydrogens is 348 g/mol. The van der Waals surface area contributed by atoms with Gasteiger partial charge >= 0.3 is 5.97 Å². The molecule has 2 heterocycles. The van der Waals surface area contributed by atoms with Crippen LogP contribution in [0.4, 0.5) is 0 Å². The Hall–Kier alpha value is -3.42. The van der Waals surface area contributed by atoms with Crippen LogP contribution in [0.1, 0.15) is 21.5 Å². The molecule has 4 rings (SSSR count). The molecule has 8 nitrogen and oxygen atoms in total. The maximum atomic E-state index is 12.5. The summed E-state index contributed by atoms with van der Waals surface area (Å²) in [5, 5.41) is 9.20. The van der Waals surface area contributed by atoms with Crippen molar-refractivity contribution in [3.8, 4) is 11.3 Å². The molecule has 0 unspecified atom stereocenters. The van der Waals surface area contributed by atoms with Crippen LogP contribution in [0.25, 0.3) is 11.3 Å². The molecule has 0 fully saturated rings. The van der Waals surface area contributed by atoms with Gasteiger partial charge in [0.1, 0.15) is 17.8 Å². The van der Waals surface area contributed by atoms with Crippen molar-refractivity contribution >= 4 is 11.9 Å². The molecule has 0 saturated heterocycles. The summed E-state index contributed by atoms with van der Waals surface area (Å²) in [5.74, 6) is -0.809. The highest BCUT2D eigenvalue weighted by molar-refractivity contribution is 5.96. The number of benzene rings is 1. The van der Waals surface area contributed by atoms with Crippen LogP contribution in [0.5, 0.6) is 0 Å². The summed E-state index contributed by atoms with van der Waals surface area (Å²) in [7, 11) is 1.25. The van der Waals surface area contributed by atoms with Gasteiger partial charge in [0, 0.05) is 18.4 Å². The molecule has 0 spiro atoms. The van der Waals surface area contributed by atoms with E-state index in [9.17, 15) is 14.4 Å². The van der Waals surface area contributed by atoms with Gasteiger partial charge < -0.3 is 14.6 Å². The van der Waals surface area contributed by atoms with Gasteiger partial charge in [0.2, 0.25) is 5.91 Å². The SMILES string of the molecule is COC(=O)c1cn(CC(=O)NC2Cc3ccccc3C2)cc2c(=O)[nH]nc1-2. The third-order valence-electron chi connectivity index (χ3n) is 4.76. The van der Waals surface area contributed by atoms with Gasteiger partial charge in [0.05, 0.1) is 12.7 Å². The van der Waals surface area contributed by atoms with Gasteiger partial charge in [-0.1, -0.05) is 24.3 Å². The fourth-order valence-corrected chi connectivity index (χ4v) is 3.54. The number of nitrogens with zero attached hydrogens (tertiary/aromatic N) is 2. The summed E-state index contributed by atoms with van der Waals surface area (Å²) < 4.78 is 6.25. The van der Waals surface area contributed by atoms with E-state index in [1.165, 1.54) is 35.2 Å². The number of nitrogens with one attached hydrogen (secondary N) is 2. The number of hydrogen-bond donors (Lipinski definition) is 2. The molecule has 3 aliphatic rings. The summed E-state index contributed by atoms with van der Waals surface area (Å²) in [5.41, 5.74) is 2.68. The fraction of sp³-hybridized carbons (Fsp3) is 0.263. The summed E-state index contributed by atoms with van der Waals surface area (Å²) in [6.45, 7) is -0.0165. The maximum Gasteiger partial charge on any atom is 0.341 e. The number of amides is 1. The molecule has 1 aromatic carbocycles. The quantitative estimate of drug-likeness (QED) is 0.663. The Labute approximate surface area is 154 Å². The molecule has 0 radical (unpaired) electrons.